The predicted octanol–water partition coefficient (Wildman–Crippen LogP) is -0.0774. The molecule has 1 unspecified atom stereocenters. The Morgan fingerprint density at radius 1 is 1.75 bits per heavy atom. The number of carboxylic acids is 1. The van der Waals surface area contributed by atoms with Gasteiger partial charge in [-0.3, -0.25) is 9.59 Å². The van der Waals surface area contributed by atoms with Crippen molar-refractivity contribution in [1.29, 1.82) is 0 Å². The van der Waals surface area contributed by atoms with Crippen LogP contribution in [0.4, 0.5) is 5.13 Å². The standard InChI is InChI=1S/C9H11N3O3S/c13-7(14)5-6-8(15)10-1-3-12(6)9-11-2-4-16-9/h2,4,6H,1,3,5H2,(H,10,15)(H,13,14). The van der Waals surface area contributed by atoms with Crippen molar-refractivity contribution in [2.45, 2.75) is 12.5 Å². The Morgan fingerprint density at radius 3 is 3.19 bits per heavy atom. The van der Waals surface area contributed by atoms with Gasteiger partial charge in [-0.1, -0.05) is 0 Å². The van der Waals surface area contributed by atoms with Crippen LogP contribution < -0.4 is 10.2 Å². The maximum atomic E-state index is 11.6. The molecule has 1 aliphatic rings. The summed E-state index contributed by atoms with van der Waals surface area (Å²) in [6.45, 7) is 1.12. The summed E-state index contributed by atoms with van der Waals surface area (Å²) in [5.41, 5.74) is 0. The van der Waals surface area contributed by atoms with Crippen LogP contribution in [-0.4, -0.2) is 41.1 Å². The summed E-state index contributed by atoms with van der Waals surface area (Å²) in [5.74, 6) is -1.23. The van der Waals surface area contributed by atoms with Gasteiger partial charge >= 0.3 is 5.97 Å². The fourth-order valence-electron chi connectivity index (χ4n) is 1.67. The molecule has 16 heavy (non-hydrogen) atoms. The smallest absolute Gasteiger partial charge is 0.305 e. The zero-order valence-electron chi connectivity index (χ0n) is 8.42. The van der Waals surface area contributed by atoms with E-state index in [1.54, 1.807) is 16.5 Å². The molecule has 0 aliphatic carbocycles. The highest BCUT2D eigenvalue weighted by atomic mass is 32.1. The second kappa shape index (κ2) is 4.48. The number of carbonyl (C=O) groups excluding carboxylic acids is 1. The van der Waals surface area contributed by atoms with E-state index in [1.165, 1.54) is 11.3 Å². The van der Waals surface area contributed by atoms with Gasteiger partial charge in [-0.25, -0.2) is 4.98 Å². The quantitative estimate of drug-likeness (QED) is 0.773. The lowest BCUT2D eigenvalue weighted by atomic mass is 10.1. The number of anilines is 1. The fourth-order valence-corrected chi connectivity index (χ4v) is 2.39. The summed E-state index contributed by atoms with van der Waals surface area (Å²) in [7, 11) is 0. The molecule has 0 spiro atoms. The van der Waals surface area contributed by atoms with Gasteiger partial charge in [0.2, 0.25) is 5.91 Å². The molecule has 2 heterocycles. The minimum Gasteiger partial charge on any atom is -0.481 e. The van der Waals surface area contributed by atoms with E-state index in [0.29, 0.717) is 18.2 Å². The molecule has 1 fully saturated rings. The highest BCUT2D eigenvalue weighted by Gasteiger charge is 2.32. The van der Waals surface area contributed by atoms with Crippen LogP contribution in [-0.2, 0) is 9.59 Å². The molecule has 1 aromatic heterocycles. The molecule has 1 saturated heterocycles. The number of nitrogens with zero attached hydrogens (tertiary/aromatic N) is 2. The van der Waals surface area contributed by atoms with Crippen molar-refractivity contribution >= 4 is 28.3 Å². The third-order valence-corrected chi connectivity index (χ3v) is 3.17. The topological polar surface area (TPSA) is 82.5 Å². The molecular formula is C9H11N3O3S. The van der Waals surface area contributed by atoms with Crippen LogP contribution >= 0.6 is 11.3 Å². The molecule has 6 nitrogen and oxygen atoms in total. The summed E-state index contributed by atoms with van der Waals surface area (Å²) in [6, 6.07) is -0.655. The number of thiazole rings is 1. The van der Waals surface area contributed by atoms with Gasteiger partial charge in [0.1, 0.15) is 6.04 Å². The summed E-state index contributed by atoms with van der Waals surface area (Å²) in [6.07, 6.45) is 1.44. The van der Waals surface area contributed by atoms with Crippen molar-refractivity contribution < 1.29 is 14.7 Å². The number of carbonyl (C=O) groups is 2. The first-order chi connectivity index (χ1) is 7.68. The van der Waals surface area contributed by atoms with Gasteiger partial charge in [-0.05, 0) is 0 Å². The van der Waals surface area contributed by atoms with Crippen molar-refractivity contribution in [2.24, 2.45) is 0 Å². The Kier molecular flexibility index (Phi) is 3.04. The number of amides is 1. The lowest BCUT2D eigenvalue weighted by Gasteiger charge is -2.33. The average molecular weight is 241 g/mol. The number of aliphatic carboxylic acids is 1. The van der Waals surface area contributed by atoms with Gasteiger partial charge in [0.25, 0.3) is 0 Å². The molecule has 2 N–H and O–H groups in total. The van der Waals surface area contributed by atoms with Gasteiger partial charge in [-0.15, -0.1) is 11.3 Å². The van der Waals surface area contributed by atoms with Crippen LogP contribution in [0, 0.1) is 0 Å². The van der Waals surface area contributed by atoms with E-state index in [9.17, 15) is 9.59 Å². The Bertz CT molecular complexity index is 393. The Balaban J connectivity index is 2.20. The van der Waals surface area contributed by atoms with Crippen molar-refractivity contribution in [3.05, 3.63) is 11.6 Å². The summed E-state index contributed by atoms with van der Waals surface area (Å²) >= 11 is 1.40. The molecule has 1 amide bonds. The number of piperazine rings is 1. The zero-order chi connectivity index (χ0) is 11.5. The summed E-state index contributed by atoms with van der Waals surface area (Å²) in [5, 5.41) is 13.9. The van der Waals surface area contributed by atoms with E-state index in [1.807, 2.05) is 0 Å². The van der Waals surface area contributed by atoms with Gasteiger partial charge < -0.3 is 15.3 Å². The molecule has 1 atom stereocenters. The van der Waals surface area contributed by atoms with Crippen LogP contribution in [0.3, 0.4) is 0 Å². The Labute approximate surface area is 95.9 Å². The minimum atomic E-state index is -0.983. The molecule has 0 radical (unpaired) electrons. The second-order valence-electron chi connectivity index (χ2n) is 3.41. The molecule has 86 valence electrons. The normalized spacial score (nSPS) is 20.6. The van der Waals surface area contributed by atoms with Gasteiger partial charge in [0, 0.05) is 24.7 Å². The molecule has 1 aromatic rings. The average Bonchev–Trinajstić information content (AvgIpc) is 2.73. The molecule has 0 saturated carbocycles. The maximum absolute atomic E-state index is 11.6. The molecular weight excluding hydrogens is 230 g/mol. The Hall–Kier alpha value is -1.63. The largest absolute Gasteiger partial charge is 0.481 e. The van der Waals surface area contributed by atoms with E-state index < -0.39 is 12.0 Å². The van der Waals surface area contributed by atoms with Crippen LogP contribution in [0.5, 0.6) is 0 Å². The molecule has 2 rings (SSSR count). The van der Waals surface area contributed by atoms with Crippen molar-refractivity contribution in [3.63, 3.8) is 0 Å². The van der Waals surface area contributed by atoms with Gasteiger partial charge in [0.05, 0.1) is 6.42 Å². The highest BCUT2D eigenvalue weighted by molar-refractivity contribution is 7.13. The van der Waals surface area contributed by atoms with Gasteiger partial charge in [-0.2, -0.15) is 0 Å². The van der Waals surface area contributed by atoms with E-state index in [0.717, 1.165) is 0 Å². The van der Waals surface area contributed by atoms with E-state index in [2.05, 4.69) is 10.3 Å². The van der Waals surface area contributed by atoms with E-state index in [4.69, 9.17) is 5.11 Å². The summed E-state index contributed by atoms with van der Waals surface area (Å²) < 4.78 is 0. The van der Waals surface area contributed by atoms with Crippen molar-refractivity contribution in [2.75, 3.05) is 18.0 Å². The monoisotopic (exact) mass is 241 g/mol. The maximum Gasteiger partial charge on any atom is 0.305 e. The van der Waals surface area contributed by atoms with Crippen LogP contribution in [0.15, 0.2) is 11.6 Å². The first-order valence-electron chi connectivity index (χ1n) is 4.84. The van der Waals surface area contributed by atoms with Crippen molar-refractivity contribution in [1.82, 2.24) is 10.3 Å². The predicted molar refractivity (Wildman–Crippen MR) is 58.5 cm³/mol. The molecule has 0 bridgehead atoms. The Morgan fingerprint density at radius 2 is 2.56 bits per heavy atom. The van der Waals surface area contributed by atoms with Crippen LogP contribution in [0.1, 0.15) is 6.42 Å². The first kappa shape index (κ1) is 10.9. The lowest BCUT2D eigenvalue weighted by molar-refractivity contribution is -0.139. The number of nitrogens with one attached hydrogen (secondary N) is 1. The number of hydrogen-bond donors (Lipinski definition) is 2. The van der Waals surface area contributed by atoms with E-state index in [-0.39, 0.29) is 12.3 Å². The minimum absolute atomic E-state index is 0.203. The number of hydrogen-bond acceptors (Lipinski definition) is 5. The number of aromatic nitrogens is 1. The number of rotatable bonds is 3. The second-order valence-corrected chi connectivity index (χ2v) is 4.29. The van der Waals surface area contributed by atoms with Crippen molar-refractivity contribution in [3.8, 4) is 0 Å². The summed E-state index contributed by atoms with van der Waals surface area (Å²) in [4.78, 5) is 28.2. The molecule has 7 heteroatoms. The highest BCUT2D eigenvalue weighted by Crippen LogP contribution is 2.22. The first-order valence-corrected chi connectivity index (χ1v) is 5.72. The SMILES string of the molecule is O=C(O)CC1C(=O)NCCN1c1nccs1. The van der Waals surface area contributed by atoms with E-state index >= 15 is 0 Å². The third kappa shape index (κ3) is 2.13. The lowest BCUT2D eigenvalue weighted by Crippen LogP contribution is -2.56. The number of carboxylic acid groups (broad SMARTS) is 1. The van der Waals surface area contributed by atoms with Crippen LogP contribution in [0.25, 0.3) is 0 Å². The third-order valence-electron chi connectivity index (χ3n) is 2.36. The van der Waals surface area contributed by atoms with Crippen LogP contribution in [0.2, 0.25) is 0 Å². The fraction of sp³-hybridized carbons (Fsp3) is 0.444. The molecule has 0 aromatic carbocycles. The molecule has 1 aliphatic heterocycles. The zero-order valence-corrected chi connectivity index (χ0v) is 9.24. The van der Waals surface area contributed by atoms with Gasteiger partial charge in [0.15, 0.2) is 5.13 Å².